The molecular formula is C24H36ClN3O8S. The van der Waals surface area contributed by atoms with Gasteiger partial charge in [0.25, 0.3) is 10.1 Å². The first-order valence-corrected chi connectivity index (χ1v) is 13.9. The van der Waals surface area contributed by atoms with E-state index in [9.17, 15) is 32.5 Å². The van der Waals surface area contributed by atoms with E-state index in [0.29, 0.717) is 18.0 Å². The molecule has 37 heavy (non-hydrogen) atoms. The second kappa shape index (κ2) is 12.9. The molecule has 11 nitrogen and oxygen atoms in total. The minimum atomic E-state index is -4.95. The van der Waals surface area contributed by atoms with Crippen LogP contribution in [0.1, 0.15) is 52.5 Å². The summed E-state index contributed by atoms with van der Waals surface area (Å²) in [4.78, 5) is 37.7. The average Bonchev–Trinajstić information content (AvgIpc) is 3.19. The van der Waals surface area contributed by atoms with Gasteiger partial charge < -0.3 is 25.8 Å². The first kappa shape index (κ1) is 30.8. The summed E-state index contributed by atoms with van der Waals surface area (Å²) in [6, 6.07) is 4.53. The quantitative estimate of drug-likeness (QED) is 0.241. The summed E-state index contributed by atoms with van der Waals surface area (Å²) in [5.74, 6) is -1.84. The van der Waals surface area contributed by atoms with Crippen LogP contribution < -0.4 is 16.0 Å². The van der Waals surface area contributed by atoms with Gasteiger partial charge in [0.15, 0.2) is 0 Å². The highest BCUT2D eigenvalue weighted by atomic mass is 35.5. The van der Waals surface area contributed by atoms with E-state index >= 15 is 0 Å². The van der Waals surface area contributed by atoms with Gasteiger partial charge in [0.1, 0.15) is 12.6 Å². The lowest BCUT2D eigenvalue weighted by Gasteiger charge is -2.28. The predicted octanol–water partition coefficient (Wildman–Crippen LogP) is 1.98. The molecule has 3 unspecified atom stereocenters. The topological polar surface area (TPSA) is 171 Å². The van der Waals surface area contributed by atoms with E-state index in [4.69, 9.17) is 16.3 Å². The van der Waals surface area contributed by atoms with Crippen LogP contribution in [0.4, 0.5) is 4.79 Å². The van der Waals surface area contributed by atoms with Crippen molar-refractivity contribution in [1.82, 2.24) is 16.0 Å². The molecule has 0 aromatic heterocycles. The minimum Gasteiger partial charge on any atom is -0.449 e. The summed E-state index contributed by atoms with van der Waals surface area (Å²) in [7, 11) is -4.95. The van der Waals surface area contributed by atoms with Crippen molar-refractivity contribution in [3.63, 3.8) is 0 Å². The Labute approximate surface area is 222 Å². The molecule has 1 aliphatic rings. The SMILES string of the molecule is CC(C)CC(NC(=O)OCC(C)(C)c1cccc(Cl)c1)C(=O)NC(C[C@@H]1CCNC1=O)C(O)S(=O)(=O)O. The molecule has 1 aromatic carbocycles. The molecule has 1 heterocycles. The molecule has 2 rings (SSSR count). The van der Waals surface area contributed by atoms with Crippen LogP contribution in [0, 0.1) is 11.8 Å². The van der Waals surface area contributed by atoms with Crippen LogP contribution in [0.5, 0.6) is 0 Å². The normalized spacial score (nSPS) is 18.6. The molecule has 1 saturated heterocycles. The number of halogens is 1. The minimum absolute atomic E-state index is 0.0178. The molecule has 5 N–H and O–H groups in total. The van der Waals surface area contributed by atoms with E-state index in [1.54, 1.807) is 18.2 Å². The molecule has 1 aliphatic heterocycles. The fraction of sp³-hybridized carbons (Fsp3) is 0.625. The Morgan fingerprint density at radius 2 is 1.95 bits per heavy atom. The number of nitrogens with one attached hydrogen (secondary N) is 3. The van der Waals surface area contributed by atoms with Crippen LogP contribution in [-0.2, 0) is 29.9 Å². The van der Waals surface area contributed by atoms with Crippen LogP contribution in [0.25, 0.3) is 0 Å². The van der Waals surface area contributed by atoms with Gasteiger partial charge in [-0.2, -0.15) is 8.42 Å². The molecule has 0 spiro atoms. The number of benzene rings is 1. The molecule has 0 aliphatic carbocycles. The highest BCUT2D eigenvalue weighted by molar-refractivity contribution is 7.86. The second-order valence-corrected chi connectivity index (χ2v) is 12.3. The molecule has 0 radical (unpaired) electrons. The van der Waals surface area contributed by atoms with Gasteiger partial charge in [-0.3, -0.25) is 14.1 Å². The zero-order valence-electron chi connectivity index (χ0n) is 21.4. The Bertz CT molecular complexity index is 1080. The number of rotatable bonds is 12. The summed E-state index contributed by atoms with van der Waals surface area (Å²) < 4.78 is 38.0. The van der Waals surface area contributed by atoms with Crippen molar-refractivity contribution in [3.05, 3.63) is 34.9 Å². The van der Waals surface area contributed by atoms with Gasteiger partial charge in [-0.1, -0.05) is 51.4 Å². The predicted molar refractivity (Wildman–Crippen MR) is 137 cm³/mol. The van der Waals surface area contributed by atoms with Crippen molar-refractivity contribution in [2.45, 2.75) is 69.9 Å². The summed E-state index contributed by atoms with van der Waals surface area (Å²) in [6.45, 7) is 7.73. The number of carbonyl (C=O) groups excluding carboxylic acids is 3. The summed E-state index contributed by atoms with van der Waals surface area (Å²) in [5, 5.41) is 18.2. The molecule has 1 aromatic rings. The van der Waals surface area contributed by atoms with Gasteiger partial charge in [-0.15, -0.1) is 0 Å². The van der Waals surface area contributed by atoms with Crippen LogP contribution in [0.2, 0.25) is 5.02 Å². The third-order valence-corrected chi connectivity index (χ3v) is 7.34. The number of hydrogen-bond donors (Lipinski definition) is 5. The number of aliphatic hydroxyl groups is 1. The number of ether oxygens (including phenoxy) is 1. The maximum Gasteiger partial charge on any atom is 0.407 e. The Hall–Kier alpha value is -2.41. The Kier molecular flexibility index (Phi) is 10.7. The van der Waals surface area contributed by atoms with Crippen LogP contribution in [0.3, 0.4) is 0 Å². The van der Waals surface area contributed by atoms with Crippen LogP contribution in [0.15, 0.2) is 24.3 Å². The van der Waals surface area contributed by atoms with Crippen LogP contribution in [-0.4, -0.2) is 66.7 Å². The lowest BCUT2D eigenvalue weighted by atomic mass is 9.86. The number of alkyl carbamates (subject to hydrolysis) is 1. The highest BCUT2D eigenvalue weighted by Crippen LogP contribution is 2.26. The zero-order valence-corrected chi connectivity index (χ0v) is 22.9. The molecule has 1 fully saturated rings. The number of aliphatic hydroxyl groups excluding tert-OH is 1. The average molecular weight is 562 g/mol. The molecule has 0 saturated carbocycles. The molecule has 208 valence electrons. The maximum absolute atomic E-state index is 13.1. The first-order chi connectivity index (χ1) is 17.1. The van der Waals surface area contributed by atoms with Gasteiger partial charge in [-0.25, -0.2) is 4.79 Å². The van der Waals surface area contributed by atoms with Gasteiger partial charge in [-0.05, 0) is 42.9 Å². The molecule has 13 heteroatoms. The van der Waals surface area contributed by atoms with Gasteiger partial charge in [0, 0.05) is 22.9 Å². The smallest absolute Gasteiger partial charge is 0.407 e. The molecule has 4 atom stereocenters. The third-order valence-electron chi connectivity index (χ3n) is 6.16. The first-order valence-electron chi connectivity index (χ1n) is 12.0. The Morgan fingerprint density at radius 3 is 2.49 bits per heavy atom. The van der Waals surface area contributed by atoms with Crippen molar-refractivity contribution in [3.8, 4) is 0 Å². The summed E-state index contributed by atoms with van der Waals surface area (Å²) in [6.07, 6.45) is -0.522. The van der Waals surface area contributed by atoms with Crippen LogP contribution >= 0.6 is 11.6 Å². The number of amides is 3. The fourth-order valence-electron chi connectivity index (χ4n) is 4.04. The van der Waals surface area contributed by atoms with Crippen molar-refractivity contribution < 1.29 is 37.2 Å². The van der Waals surface area contributed by atoms with Crippen molar-refractivity contribution >= 4 is 39.6 Å². The fourth-order valence-corrected chi connectivity index (χ4v) is 4.82. The molecule has 0 bridgehead atoms. The van der Waals surface area contributed by atoms with Gasteiger partial charge >= 0.3 is 6.09 Å². The largest absolute Gasteiger partial charge is 0.449 e. The third kappa shape index (κ3) is 9.44. The van der Waals surface area contributed by atoms with E-state index in [1.165, 1.54) is 0 Å². The number of carbonyl (C=O) groups is 3. The lowest BCUT2D eigenvalue weighted by molar-refractivity contribution is -0.126. The Balaban J connectivity index is 2.10. The van der Waals surface area contributed by atoms with Crippen molar-refractivity contribution in [1.29, 1.82) is 0 Å². The summed E-state index contributed by atoms with van der Waals surface area (Å²) in [5.41, 5.74) is -2.08. The second-order valence-electron chi connectivity index (χ2n) is 10.3. The highest BCUT2D eigenvalue weighted by Gasteiger charge is 2.38. The summed E-state index contributed by atoms with van der Waals surface area (Å²) >= 11 is 6.06. The Morgan fingerprint density at radius 1 is 1.27 bits per heavy atom. The van der Waals surface area contributed by atoms with E-state index in [0.717, 1.165) is 5.56 Å². The molecule has 3 amide bonds. The van der Waals surface area contributed by atoms with Crippen molar-refractivity contribution in [2.24, 2.45) is 11.8 Å². The molecular weight excluding hydrogens is 526 g/mol. The van der Waals surface area contributed by atoms with E-state index in [-0.39, 0.29) is 31.3 Å². The zero-order chi connectivity index (χ0) is 28.0. The number of hydrogen-bond acceptors (Lipinski definition) is 7. The van der Waals surface area contributed by atoms with E-state index in [1.807, 2.05) is 33.8 Å². The monoisotopic (exact) mass is 561 g/mol. The lowest BCUT2D eigenvalue weighted by Crippen LogP contribution is -2.55. The standard InChI is InChI=1S/C24H36ClN3O8S/c1-14(2)10-18(28-23(32)36-13-24(3,4)16-6-5-7-17(25)12-16)21(30)27-19(22(31)37(33,34)35)11-15-8-9-26-20(15)29/h5-7,12,14-15,18-19,22,31H,8-11,13H2,1-4H3,(H,26,29)(H,27,30)(H,28,32)(H,33,34,35)/t15-,18?,19?,22?/m0/s1. The van der Waals surface area contributed by atoms with Gasteiger partial charge in [0.05, 0.1) is 6.04 Å². The van der Waals surface area contributed by atoms with E-state index < -0.39 is 51.0 Å². The van der Waals surface area contributed by atoms with E-state index in [2.05, 4.69) is 16.0 Å². The van der Waals surface area contributed by atoms with Gasteiger partial charge in [0.2, 0.25) is 17.3 Å². The maximum atomic E-state index is 13.1. The van der Waals surface area contributed by atoms with Crippen molar-refractivity contribution in [2.75, 3.05) is 13.2 Å².